The summed E-state index contributed by atoms with van der Waals surface area (Å²) in [4.78, 5) is 11.4. The molecular weight excluding hydrogens is 288 g/mol. The van der Waals surface area contributed by atoms with E-state index in [4.69, 9.17) is 9.47 Å². The van der Waals surface area contributed by atoms with Crippen LogP contribution in [0.25, 0.3) is 0 Å². The van der Waals surface area contributed by atoms with Gasteiger partial charge >= 0.3 is 5.97 Å². The number of carbonyl (C=O) groups excluding carboxylic acids is 1. The van der Waals surface area contributed by atoms with E-state index in [-0.39, 0.29) is 6.61 Å². The van der Waals surface area contributed by atoms with Gasteiger partial charge in [0.1, 0.15) is 5.75 Å². The zero-order valence-electron chi connectivity index (χ0n) is 9.99. The molecule has 0 saturated heterocycles. The summed E-state index contributed by atoms with van der Waals surface area (Å²) in [6, 6.07) is 3.45. The summed E-state index contributed by atoms with van der Waals surface area (Å²) in [5.74, 6) is -0.0649. The van der Waals surface area contributed by atoms with Gasteiger partial charge in [-0.1, -0.05) is 12.1 Å². The predicted molar refractivity (Wildman–Crippen MR) is 67.0 cm³/mol. The van der Waals surface area contributed by atoms with Gasteiger partial charge in [0, 0.05) is 5.56 Å². The molecule has 0 aliphatic heterocycles. The highest BCUT2D eigenvalue weighted by Crippen LogP contribution is 2.35. The number of ether oxygens (including phenoxy) is 2. The Labute approximate surface area is 109 Å². The summed E-state index contributed by atoms with van der Waals surface area (Å²) in [5.41, 5.74) is 1.35. The number of rotatable bonds is 4. The fourth-order valence-electron chi connectivity index (χ4n) is 1.48. The van der Waals surface area contributed by atoms with Gasteiger partial charge < -0.3 is 14.6 Å². The minimum Gasteiger partial charge on any atom is -0.495 e. The number of esters is 1. The van der Waals surface area contributed by atoms with E-state index < -0.39 is 12.1 Å². The third-order valence-electron chi connectivity index (χ3n) is 2.33. The molecule has 17 heavy (non-hydrogen) atoms. The van der Waals surface area contributed by atoms with Crippen LogP contribution in [0.5, 0.6) is 5.75 Å². The Morgan fingerprint density at radius 1 is 1.53 bits per heavy atom. The lowest BCUT2D eigenvalue weighted by Gasteiger charge is -2.15. The maximum atomic E-state index is 11.4. The zero-order valence-corrected chi connectivity index (χ0v) is 11.6. The third-order valence-corrected chi connectivity index (χ3v) is 3.15. The number of hydrogen-bond donors (Lipinski definition) is 1. The number of hydrogen-bond acceptors (Lipinski definition) is 4. The molecule has 1 unspecified atom stereocenters. The second-order valence-corrected chi connectivity index (χ2v) is 4.27. The van der Waals surface area contributed by atoms with E-state index in [0.717, 1.165) is 5.56 Å². The van der Waals surface area contributed by atoms with Gasteiger partial charge in [-0.05, 0) is 35.3 Å². The Balaban J connectivity index is 3.10. The van der Waals surface area contributed by atoms with Crippen molar-refractivity contribution in [2.45, 2.75) is 20.0 Å². The standard InChI is InChI=1S/C12H15BrO4/c1-4-17-12(15)10(14)8-6-5-7(2)11(16-3)9(8)13/h5-6,10,14H,4H2,1-3H3. The SMILES string of the molecule is CCOC(=O)C(O)c1ccc(C)c(OC)c1Br. The minimum atomic E-state index is -1.31. The number of methoxy groups -OCH3 is 1. The Morgan fingerprint density at radius 3 is 2.71 bits per heavy atom. The van der Waals surface area contributed by atoms with Gasteiger partial charge in [-0.15, -0.1) is 0 Å². The molecule has 0 saturated carbocycles. The van der Waals surface area contributed by atoms with E-state index in [1.54, 1.807) is 19.1 Å². The summed E-state index contributed by atoms with van der Waals surface area (Å²) < 4.78 is 10.5. The van der Waals surface area contributed by atoms with Crippen LogP contribution in [0, 0.1) is 6.92 Å². The zero-order chi connectivity index (χ0) is 13.0. The third kappa shape index (κ3) is 2.98. The van der Waals surface area contributed by atoms with Crippen molar-refractivity contribution in [3.63, 3.8) is 0 Å². The maximum Gasteiger partial charge on any atom is 0.339 e. The van der Waals surface area contributed by atoms with Gasteiger partial charge in [-0.25, -0.2) is 4.79 Å². The first-order valence-corrected chi connectivity index (χ1v) is 5.99. The van der Waals surface area contributed by atoms with Crippen LogP contribution >= 0.6 is 15.9 Å². The van der Waals surface area contributed by atoms with Gasteiger partial charge in [0.15, 0.2) is 6.10 Å². The average molecular weight is 303 g/mol. The van der Waals surface area contributed by atoms with E-state index in [9.17, 15) is 9.90 Å². The molecule has 94 valence electrons. The normalized spacial score (nSPS) is 12.1. The summed E-state index contributed by atoms with van der Waals surface area (Å²) >= 11 is 3.32. The number of halogens is 1. The summed E-state index contributed by atoms with van der Waals surface area (Å²) in [7, 11) is 1.54. The van der Waals surface area contributed by atoms with Crippen molar-refractivity contribution < 1.29 is 19.4 Å². The van der Waals surface area contributed by atoms with Gasteiger partial charge in [0.2, 0.25) is 0 Å². The van der Waals surface area contributed by atoms with Crippen molar-refractivity contribution in [3.05, 3.63) is 27.7 Å². The highest BCUT2D eigenvalue weighted by molar-refractivity contribution is 9.10. The molecule has 0 aliphatic carbocycles. The highest BCUT2D eigenvalue weighted by Gasteiger charge is 2.23. The highest BCUT2D eigenvalue weighted by atomic mass is 79.9. The summed E-state index contributed by atoms with van der Waals surface area (Å²) in [6.07, 6.45) is -1.31. The van der Waals surface area contributed by atoms with Crippen LogP contribution in [0.4, 0.5) is 0 Å². The number of benzene rings is 1. The lowest BCUT2D eigenvalue weighted by molar-refractivity contribution is -0.153. The molecule has 0 bridgehead atoms. The van der Waals surface area contributed by atoms with Crippen LogP contribution in [0.15, 0.2) is 16.6 Å². The fourth-order valence-corrected chi connectivity index (χ4v) is 2.30. The number of aryl methyl sites for hydroxylation is 1. The molecule has 0 aliphatic rings. The fraction of sp³-hybridized carbons (Fsp3) is 0.417. The second kappa shape index (κ2) is 6.02. The van der Waals surface area contributed by atoms with Crippen LogP contribution in [0.2, 0.25) is 0 Å². The van der Waals surface area contributed by atoms with E-state index in [1.165, 1.54) is 7.11 Å². The van der Waals surface area contributed by atoms with Crippen molar-refractivity contribution in [2.75, 3.05) is 13.7 Å². The van der Waals surface area contributed by atoms with Crippen LogP contribution in [0.3, 0.4) is 0 Å². The molecule has 0 aromatic heterocycles. The molecule has 5 heteroatoms. The number of aliphatic hydroxyl groups excluding tert-OH is 1. The van der Waals surface area contributed by atoms with E-state index in [0.29, 0.717) is 15.8 Å². The van der Waals surface area contributed by atoms with E-state index in [1.807, 2.05) is 6.92 Å². The van der Waals surface area contributed by atoms with Crippen molar-refractivity contribution in [1.82, 2.24) is 0 Å². The minimum absolute atomic E-state index is 0.233. The van der Waals surface area contributed by atoms with Crippen molar-refractivity contribution in [2.24, 2.45) is 0 Å². The van der Waals surface area contributed by atoms with Crippen molar-refractivity contribution in [1.29, 1.82) is 0 Å². The molecular formula is C12H15BrO4. The van der Waals surface area contributed by atoms with Crippen LogP contribution in [-0.2, 0) is 9.53 Å². The van der Waals surface area contributed by atoms with Gasteiger partial charge in [-0.2, -0.15) is 0 Å². The monoisotopic (exact) mass is 302 g/mol. The van der Waals surface area contributed by atoms with Gasteiger partial charge in [0.25, 0.3) is 0 Å². The second-order valence-electron chi connectivity index (χ2n) is 3.47. The summed E-state index contributed by atoms with van der Waals surface area (Å²) in [5, 5.41) is 9.85. The Morgan fingerprint density at radius 2 is 2.18 bits per heavy atom. The van der Waals surface area contributed by atoms with Crippen LogP contribution in [0.1, 0.15) is 24.2 Å². The smallest absolute Gasteiger partial charge is 0.339 e. The molecule has 0 spiro atoms. The summed E-state index contributed by atoms with van der Waals surface area (Å²) in [6.45, 7) is 3.80. The number of aliphatic hydroxyl groups is 1. The molecule has 1 N–H and O–H groups in total. The first-order valence-electron chi connectivity index (χ1n) is 5.20. The topological polar surface area (TPSA) is 55.8 Å². The maximum absolute atomic E-state index is 11.4. The van der Waals surface area contributed by atoms with Crippen LogP contribution < -0.4 is 4.74 Å². The predicted octanol–water partition coefficient (Wildman–Crippen LogP) is 2.36. The molecule has 0 amide bonds. The molecule has 1 aromatic rings. The first kappa shape index (κ1) is 14.0. The van der Waals surface area contributed by atoms with Crippen LogP contribution in [-0.4, -0.2) is 24.8 Å². The Kier molecular flexibility index (Phi) is 4.96. The molecule has 0 fully saturated rings. The van der Waals surface area contributed by atoms with E-state index >= 15 is 0 Å². The molecule has 4 nitrogen and oxygen atoms in total. The molecule has 1 aromatic carbocycles. The molecule has 0 radical (unpaired) electrons. The lowest BCUT2D eigenvalue weighted by Crippen LogP contribution is -2.16. The van der Waals surface area contributed by atoms with Crippen molar-refractivity contribution >= 4 is 21.9 Å². The van der Waals surface area contributed by atoms with Gasteiger partial charge in [0.05, 0.1) is 18.2 Å². The lowest BCUT2D eigenvalue weighted by atomic mass is 10.1. The number of carbonyl (C=O) groups is 1. The Hall–Kier alpha value is -1.07. The van der Waals surface area contributed by atoms with Crippen molar-refractivity contribution in [3.8, 4) is 5.75 Å². The Bertz CT molecular complexity index is 417. The average Bonchev–Trinajstić information content (AvgIpc) is 2.29. The van der Waals surface area contributed by atoms with E-state index in [2.05, 4.69) is 15.9 Å². The molecule has 1 atom stereocenters. The first-order chi connectivity index (χ1) is 8.02. The molecule has 0 heterocycles. The largest absolute Gasteiger partial charge is 0.495 e. The van der Waals surface area contributed by atoms with Gasteiger partial charge in [-0.3, -0.25) is 0 Å². The quantitative estimate of drug-likeness (QED) is 0.868. The molecule has 1 rings (SSSR count).